The molecule has 0 aliphatic heterocycles. The summed E-state index contributed by atoms with van der Waals surface area (Å²) in [7, 11) is 4.74. The van der Waals surface area contributed by atoms with E-state index in [2.05, 4.69) is 5.32 Å². The number of methoxy groups -OCH3 is 3. The molecule has 0 saturated carbocycles. The lowest BCUT2D eigenvalue weighted by atomic mass is 9.95. The van der Waals surface area contributed by atoms with Crippen LogP contribution in [0.25, 0.3) is 11.1 Å². The zero-order valence-electron chi connectivity index (χ0n) is 16.4. The Bertz CT molecular complexity index is 929. The molecule has 4 N–H and O–H groups in total. The Labute approximate surface area is 164 Å². The number of benzene rings is 1. The number of hydrogen-bond acceptors (Lipinski definition) is 7. The minimum Gasteiger partial charge on any atom is -0.493 e. The van der Waals surface area contributed by atoms with E-state index < -0.39 is 0 Å². The summed E-state index contributed by atoms with van der Waals surface area (Å²) in [6.45, 7) is 0.432. The Morgan fingerprint density at radius 2 is 1.89 bits per heavy atom. The van der Waals surface area contributed by atoms with Gasteiger partial charge < -0.3 is 30.4 Å². The molecule has 0 amide bonds. The van der Waals surface area contributed by atoms with E-state index in [0.717, 1.165) is 35.1 Å². The highest BCUT2D eigenvalue weighted by atomic mass is 16.5. The first-order valence-corrected chi connectivity index (χ1v) is 9.15. The van der Waals surface area contributed by atoms with Gasteiger partial charge in [-0.1, -0.05) is 6.07 Å². The lowest BCUT2D eigenvalue weighted by Gasteiger charge is -2.19. The van der Waals surface area contributed by atoms with Crippen LogP contribution in [-0.4, -0.2) is 39.6 Å². The molecule has 2 aromatic rings. The smallest absolute Gasteiger partial charge is 0.203 e. The van der Waals surface area contributed by atoms with Gasteiger partial charge in [-0.2, -0.15) is 0 Å². The van der Waals surface area contributed by atoms with E-state index in [-0.39, 0.29) is 23.8 Å². The van der Waals surface area contributed by atoms with Crippen LogP contribution >= 0.6 is 0 Å². The molecule has 28 heavy (non-hydrogen) atoms. The molecule has 0 bridgehead atoms. The van der Waals surface area contributed by atoms with Gasteiger partial charge in [0.15, 0.2) is 11.5 Å². The maximum atomic E-state index is 12.4. The summed E-state index contributed by atoms with van der Waals surface area (Å²) in [6.07, 6.45) is 1.47. The summed E-state index contributed by atoms with van der Waals surface area (Å²) in [6, 6.07) is 6.87. The molecule has 0 spiro atoms. The van der Waals surface area contributed by atoms with E-state index in [9.17, 15) is 9.90 Å². The first-order valence-electron chi connectivity index (χ1n) is 9.15. The summed E-state index contributed by atoms with van der Waals surface area (Å²) in [5.41, 5.74) is 9.38. The predicted molar refractivity (Wildman–Crippen MR) is 108 cm³/mol. The number of hydrogen-bond donors (Lipinski definition) is 3. The highest BCUT2D eigenvalue weighted by molar-refractivity contribution is 5.82. The fraction of sp³-hybridized carbons (Fsp3) is 0.381. The average molecular weight is 386 g/mol. The van der Waals surface area contributed by atoms with Crippen molar-refractivity contribution < 1.29 is 19.3 Å². The first-order chi connectivity index (χ1) is 13.5. The number of nitrogens with one attached hydrogen (secondary N) is 1. The van der Waals surface area contributed by atoms with Crippen molar-refractivity contribution in [2.45, 2.75) is 18.9 Å². The third-order valence-electron chi connectivity index (χ3n) is 5.07. The van der Waals surface area contributed by atoms with Crippen LogP contribution in [0.4, 0.5) is 5.69 Å². The molecular weight excluding hydrogens is 360 g/mol. The fourth-order valence-electron chi connectivity index (χ4n) is 3.78. The summed E-state index contributed by atoms with van der Waals surface area (Å²) >= 11 is 0. The fourth-order valence-corrected chi connectivity index (χ4v) is 3.78. The number of nitrogens with two attached hydrogens (primary N) is 1. The monoisotopic (exact) mass is 386 g/mol. The SMILES string of the molecule is COc1cc2c(c(OC)c1OC)-c1ccc(N)c(=O)cc1[C@@H](NCCO)CC2. The van der Waals surface area contributed by atoms with Gasteiger partial charge in [0.25, 0.3) is 0 Å². The maximum Gasteiger partial charge on any atom is 0.203 e. The highest BCUT2D eigenvalue weighted by Gasteiger charge is 2.28. The largest absolute Gasteiger partial charge is 0.493 e. The number of aryl methyl sites for hydroxylation is 1. The van der Waals surface area contributed by atoms with Gasteiger partial charge in [0.05, 0.1) is 33.6 Å². The van der Waals surface area contributed by atoms with Crippen molar-refractivity contribution in [3.63, 3.8) is 0 Å². The molecule has 0 aromatic heterocycles. The Morgan fingerprint density at radius 3 is 2.54 bits per heavy atom. The minimum absolute atomic E-state index is 0.00901. The predicted octanol–water partition coefficient (Wildman–Crippen LogP) is 1.89. The van der Waals surface area contributed by atoms with Crippen molar-refractivity contribution in [2.24, 2.45) is 0 Å². The molecule has 7 heteroatoms. The van der Waals surface area contributed by atoms with E-state index in [1.807, 2.05) is 12.1 Å². The van der Waals surface area contributed by atoms with Crippen LogP contribution in [0.1, 0.15) is 23.6 Å². The van der Waals surface area contributed by atoms with Crippen molar-refractivity contribution >= 4 is 5.69 Å². The van der Waals surface area contributed by atoms with Crippen LogP contribution in [0, 0.1) is 0 Å². The maximum absolute atomic E-state index is 12.4. The molecule has 0 radical (unpaired) electrons. The molecule has 150 valence electrons. The van der Waals surface area contributed by atoms with Crippen LogP contribution < -0.4 is 30.7 Å². The second kappa shape index (κ2) is 8.50. The summed E-state index contributed by atoms with van der Waals surface area (Å²) < 4.78 is 16.8. The Morgan fingerprint density at radius 1 is 1.14 bits per heavy atom. The number of ether oxygens (including phenoxy) is 3. The van der Waals surface area contributed by atoms with E-state index in [0.29, 0.717) is 23.8 Å². The molecule has 2 aromatic carbocycles. The van der Waals surface area contributed by atoms with E-state index in [1.165, 1.54) is 0 Å². The molecule has 0 fully saturated rings. The normalized spacial score (nSPS) is 15.2. The lowest BCUT2D eigenvalue weighted by molar-refractivity contribution is 0.283. The summed E-state index contributed by atoms with van der Waals surface area (Å²) in [5.74, 6) is 1.64. The van der Waals surface area contributed by atoms with Crippen LogP contribution in [0.5, 0.6) is 17.2 Å². The number of aliphatic hydroxyl groups excluding tert-OH is 1. The van der Waals surface area contributed by atoms with E-state index >= 15 is 0 Å². The molecule has 1 aliphatic rings. The molecule has 7 nitrogen and oxygen atoms in total. The standard InChI is InChI=1S/C21H26N2O5/c1-26-18-10-12-4-7-16(23-8-9-24)14-11-17(25)15(22)6-5-13(14)19(12)21(28-3)20(18)27-2/h5-6,10-11,16,23-24H,4,7-9H2,1-3H3,(H2,22,25)/t16-/m0/s1. The van der Waals surface area contributed by atoms with Crippen LogP contribution in [0.2, 0.25) is 0 Å². The second-order valence-corrected chi connectivity index (χ2v) is 6.61. The topological polar surface area (TPSA) is 103 Å². The zero-order valence-corrected chi connectivity index (χ0v) is 16.4. The van der Waals surface area contributed by atoms with Crippen molar-refractivity contribution in [3.05, 3.63) is 45.6 Å². The zero-order chi connectivity index (χ0) is 20.3. The van der Waals surface area contributed by atoms with Gasteiger partial charge in [0.1, 0.15) is 0 Å². The van der Waals surface area contributed by atoms with Gasteiger partial charge in [-0.25, -0.2) is 0 Å². The molecule has 0 heterocycles. The Balaban J connectivity index is 2.36. The van der Waals surface area contributed by atoms with Gasteiger partial charge >= 0.3 is 0 Å². The summed E-state index contributed by atoms with van der Waals surface area (Å²) in [4.78, 5) is 12.4. The molecule has 1 atom stereocenters. The molecular formula is C21H26N2O5. The summed E-state index contributed by atoms with van der Waals surface area (Å²) in [5, 5.41) is 12.6. The van der Waals surface area contributed by atoms with Gasteiger partial charge in [-0.05, 0) is 47.7 Å². The van der Waals surface area contributed by atoms with Crippen molar-refractivity contribution in [1.82, 2.24) is 5.32 Å². The van der Waals surface area contributed by atoms with Crippen molar-refractivity contribution in [2.75, 3.05) is 40.2 Å². The number of anilines is 1. The van der Waals surface area contributed by atoms with Crippen molar-refractivity contribution in [3.8, 4) is 28.4 Å². The third-order valence-corrected chi connectivity index (χ3v) is 5.07. The third kappa shape index (κ3) is 3.50. The first kappa shape index (κ1) is 20.0. The Hall–Kier alpha value is -2.77. The van der Waals surface area contributed by atoms with Gasteiger partial charge in [-0.15, -0.1) is 0 Å². The Kier molecular flexibility index (Phi) is 6.06. The highest BCUT2D eigenvalue weighted by Crippen LogP contribution is 2.50. The average Bonchev–Trinajstić information content (AvgIpc) is 2.94. The lowest BCUT2D eigenvalue weighted by Crippen LogP contribution is -2.25. The van der Waals surface area contributed by atoms with Crippen molar-refractivity contribution in [1.29, 1.82) is 0 Å². The molecule has 0 unspecified atom stereocenters. The number of aliphatic hydroxyl groups is 1. The van der Waals surface area contributed by atoms with Crippen LogP contribution in [0.15, 0.2) is 29.1 Å². The minimum atomic E-state index is -0.236. The van der Waals surface area contributed by atoms with Gasteiger partial charge in [0.2, 0.25) is 11.2 Å². The van der Waals surface area contributed by atoms with Crippen LogP contribution in [-0.2, 0) is 6.42 Å². The molecule has 0 saturated heterocycles. The number of fused-ring (bicyclic) bond motifs is 3. The second-order valence-electron chi connectivity index (χ2n) is 6.61. The molecule has 3 rings (SSSR count). The molecule has 1 aliphatic carbocycles. The number of rotatable bonds is 6. The number of nitrogen functional groups attached to an aromatic ring is 1. The van der Waals surface area contributed by atoms with Gasteiger partial charge in [0, 0.05) is 18.2 Å². The van der Waals surface area contributed by atoms with E-state index in [4.69, 9.17) is 19.9 Å². The van der Waals surface area contributed by atoms with E-state index in [1.54, 1.807) is 33.5 Å². The van der Waals surface area contributed by atoms with Gasteiger partial charge in [-0.3, -0.25) is 4.79 Å². The quantitative estimate of drug-likeness (QED) is 0.697. The van der Waals surface area contributed by atoms with Crippen LogP contribution in [0.3, 0.4) is 0 Å².